The Hall–Kier alpha value is -1.98. The Morgan fingerprint density at radius 3 is 2.44 bits per heavy atom. The van der Waals surface area contributed by atoms with Gasteiger partial charge in [-0.1, -0.05) is 54.9 Å². The Bertz CT molecular complexity index is 755. The Balaban J connectivity index is 2.13. The van der Waals surface area contributed by atoms with Gasteiger partial charge in [0, 0.05) is 23.0 Å². The SMILES string of the molecule is CCCNC(=O)[C@@H](C)N(Cc1ccccc1Cl)C(=O)CSc1ccccc1. The molecule has 0 fully saturated rings. The number of nitrogens with one attached hydrogen (secondary N) is 1. The second-order valence-corrected chi connectivity index (χ2v) is 7.64. The molecular weight excluding hydrogens is 380 g/mol. The maximum absolute atomic E-state index is 12.9. The fourth-order valence-corrected chi connectivity index (χ4v) is 3.53. The summed E-state index contributed by atoms with van der Waals surface area (Å²) in [5, 5.41) is 3.46. The molecule has 1 atom stereocenters. The molecule has 6 heteroatoms. The number of rotatable bonds is 9. The second kappa shape index (κ2) is 11.0. The lowest BCUT2D eigenvalue weighted by atomic mass is 10.1. The van der Waals surface area contributed by atoms with E-state index in [1.807, 2.05) is 55.5 Å². The topological polar surface area (TPSA) is 49.4 Å². The largest absolute Gasteiger partial charge is 0.354 e. The van der Waals surface area contributed by atoms with Crippen molar-refractivity contribution in [2.24, 2.45) is 0 Å². The van der Waals surface area contributed by atoms with Gasteiger partial charge in [0.1, 0.15) is 6.04 Å². The number of hydrogen-bond donors (Lipinski definition) is 1. The van der Waals surface area contributed by atoms with Gasteiger partial charge < -0.3 is 10.2 Å². The minimum atomic E-state index is -0.573. The Labute approximate surface area is 170 Å². The highest BCUT2D eigenvalue weighted by molar-refractivity contribution is 8.00. The molecule has 2 aromatic rings. The lowest BCUT2D eigenvalue weighted by molar-refractivity contribution is -0.138. The monoisotopic (exact) mass is 404 g/mol. The first-order valence-corrected chi connectivity index (χ1v) is 10.4. The quantitative estimate of drug-likeness (QED) is 0.631. The van der Waals surface area contributed by atoms with E-state index in [0.29, 0.717) is 18.1 Å². The molecule has 27 heavy (non-hydrogen) atoms. The minimum absolute atomic E-state index is 0.0945. The average molecular weight is 405 g/mol. The normalized spacial score (nSPS) is 11.7. The molecule has 0 aromatic heterocycles. The predicted octanol–water partition coefficient (Wildman–Crippen LogP) is 4.38. The van der Waals surface area contributed by atoms with Crippen molar-refractivity contribution >= 4 is 35.2 Å². The van der Waals surface area contributed by atoms with E-state index in [1.54, 1.807) is 17.9 Å². The Morgan fingerprint density at radius 1 is 1.11 bits per heavy atom. The van der Waals surface area contributed by atoms with Crippen molar-refractivity contribution in [3.8, 4) is 0 Å². The maximum atomic E-state index is 12.9. The van der Waals surface area contributed by atoms with Gasteiger partial charge in [0.2, 0.25) is 11.8 Å². The van der Waals surface area contributed by atoms with Crippen LogP contribution in [0, 0.1) is 0 Å². The van der Waals surface area contributed by atoms with Crippen LogP contribution in [0.15, 0.2) is 59.5 Å². The molecule has 1 N–H and O–H groups in total. The van der Waals surface area contributed by atoms with Crippen LogP contribution in [0.4, 0.5) is 0 Å². The third-order valence-electron chi connectivity index (χ3n) is 4.12. The minimum Gasteiger partial charge on any atom is -0.354 e. The van der Waals surface area contributed by atoms with Gasteiger partial charge in [-0.05, 0) is 37.1 Å². The summed E-state index contributed by atoms with van der Waals surface area (Å²) in [5.41, 5.74) is 0.826. The smallest absolute Gasteiger partial charge is 0.242 e. The summed E-state index contributed by atoms with van der Waals surface area (Å²) in [7, 11) is 0. The molecule has 0 aliphatic heterocycles. The number of benzene rings is 2. The molecule has 0 heterocycles. The van der Waals surface area contributed by atoms with Crippen LogP contribution < -0.4 is 5.32 Å². The molecule has 144 valence electrons. The van der Waals surface area contributed by atoms with Crippen LogP contribution in [0.3, 0.4) is 0 Å². The van der Waals surface area contributed by atoms with E-state index in [-0.39, 0.29) is 17.6 Å². The van der Waals surface area contributed by atoms with Gasteiger partial charge in [-0.2, -0.15) is 0 Å². The molecule has 0 aliphatic carbocycles. The second-order valence-electron chi connectivity index (χ2n) is 6.18. The first kappa shape index (κ1) is 21.3. The van der Waals surface area contributed by atoms with Crippen molar-refractivity contribution in [3.63, 3.8) is 0 Å². The van der Waals surface area contributed by atoms with Crippen LogP contribution in [-0.4, -0.2) is 35.1 Å². The van der Waals surface area contributed by atoms with Crippen LogP contribution in [0.2, 0.25) is 5.02 Å². The Morgan fingerprint density at radius 2 is 1.78 bits per heavy atom. The van der Waals surface area contributed by atoms with Crippen molar-refractivity contribution in [2.45, 2.75) is 37.8 Å². The van der Waals surface area contributed by atoms with E-state index in [1.165, 1.54) is 11.8 Å². The molecule has 2 amide bonds. The van der Waals surface area contributed by atoms with Gasteiger partial charge in [-0.25, -0.2) is 0 Å². The third-order valence-corrected chi connectivity index (χ3v) is 5.49. The molecule has 0 aliphatic rings. The zero-order valence-electron chi connectivity index (χ0n) is 15.7. The van der Waals surface area contributed by atoms with E-state index >= 15 is 0 Å². The van der Waals surface area contributed by atoms with Gasteiger partial charge in [0.15, 0.2) is 0 Å². The number of amides is 2. The fourth-order valence-electron chi connectivity index (χ4n) is 2.53. The van der Waals surface area contributed by atoms with E-state index in [0.717, 1.165) is 16.9 Å². The van der Waals surface area contributed by atoms with Crippen LogP contribution in [0.1, 0.15) is 25.8 Å². The summed E-state index contributed by atoms with van der Waals surface area (Å²) in [6.07, 6.45) is 0.848. The molecule has 0 bridgehead atoms. The molecule has 0 saturated carbocycles. The van der Waals surface area contributed by atoms with E-state index in [2.05, 4.69) is 5.32 Å². The number of hydrogen-bond acceptors (Lipinski definition) is 3. The molecule has 4 nitrogen and oxygen atoms in total. The maximum Gasteiger partial charge on any atom is 0.242 e. The van der Waals surface area contributed by atoms with E-state index in [9.17, 15) is 9.59 Å². The fraction of sp³-hybridized carbons (Fsp3) is 0.333. The molecule has 2 rings (SSSR count). The third kappa shape index (κ3) is 6.60. The average Bonchev–Trinajstić information content (AvgIpc) is 2.70. The zero-order valence-corrected chi connectivity index (χ0v) is 17.2. The van der Waals surface area contributed by atoms with Gasteiger partial charge in [-0.15, -0.1) is 11.8 Å². The van der Waals surface area contributed by atoms with Gasteiger partial charge in [0.25, 0.3) is 0 Å². The number of carbonyl (C=O) groups excluding carboxylic acids is 2. The van der Waals surface area contributed by atoms with E-state index < -0.39 is 6.04 Å². The van der Waals surface area contributed by atoms with Gasteiger partial charge in [0.05, 0.1) is 5.75 Å². The number of nitrogens with zero attached hydrogens (tertiary/aromatic N) is 1. The number of halogens is 1. The summed E-state index contributed by atoms with van der Waals surface area (Å²) >= 11 is 7.73. The van der Waals surface area contributed by atoms with Crippen molar-refractivity contribution in [3.05, 3.63) is 65.2 Å². The lowest BCUT2D eigenvalue weighted by Crippen LogP contribution is -2.48. The zero-order chi connectivity index (χ0) is 19.6. The molecule has 0 radical (unpaired) electrons. The molecule has 0 unspecified atom stereocenters. The van der Waals surface area contributed by atoms with Crippen molar-refractivity contribution < 1.29 is 9.59 Å². The molecular formula is C21H25ClN2O2S. The molecule has 0 saturated heterocycles. The molecule has 0 spiro atoms. The van der Waals surface area contributed by atoms with Crippen molar-refractivity contribution in [2.75, 3.05) is 12.3 Å². The highest BCUT2D eigenvalue weighted by atomic mass is 35.5. The standard InChI is InChI=1S/C21H25ClN2O2S/c1-3-13-23-21(26)16(2)24(14-17-9-7-8-12-19(17)22)20(25)15-27-18-10-5-4-6-11-18/h4-12,16H,3,13-15H2,1-2H3,(H,23,26)/t16-/m1/s1. The van der Waals surface area contributed by atoms with Crippen molar-refractivity contribution in [1.29, 1.82) is 0 Å². The van der Waals surface area contributed by atoms with Crippen LogP contribution >= 0.6 is 23.4 Å². The van der Waals surface area contributed by atoms with E-state index in [4.69, 9.17) is 11.6 Å². The Kier molecular flexibility index (Phi) is 8.69. The highest BCUT2D eigenvalue weighted by Crippen LogP contribution is 2.22. The predicted molar refractivity (Wildman–Crippen MR) is 112 cm³/mol. The van der Waals surface area contributed by atoms with Crippen molar-refractivity contribution in [1.82, 2.24) is 10.2 Å². The van der Waals surface area contributed by atoms with Gasteiger partial charge >= 0.3 is 0 Å². The summed E-state index contributed by atoms with van der Waals surface area (Å²) in [6, 6.07) is 16.6. The highest BCUT2D eigenvalue weighted by Gasteiger charge is 2.26. The van der Waals surface area contributed by atoms with Crippen LogP contribution in [0.5, 0.6) is 0 Å². The number of thioether (sulfide) groups is 1. The summed E-state index contributed by atoms with van der Waals surface area (Å²) in [6.45, 7) is 4.64. The van der Waals surface area contributed by atoms with Crippen LogP contribution in [0.25, 0.3) is 0 Å². The summed E-state index contributed by atoms with van der Waals surface area (Å²) in [4.78, 5) is 28.0. The lowest BCUT2D eigenvalue weighted by Gasteiger charge is -2.29. The summed E-state index contributed by atoms with van der Waals surface area (Å²) in [5.74, 6) is 0.0183. The summed E-state index contributed by atoms with van der Waals surface area (Å²) < 4.78 is 0. The first-order chi connectivity index (χ1) is 13.0. The van der Waals surface area contributed by atoms with Crippen LogP contribution in [-0.2, 0) is 16.1 Å². The van der Waals surface area contributed by atoms with Gasteiger partial charge in [-0.3, -0.25) is 9.59 Å². The number of carbonyl (C=O) groups is 2. The first-order valence-electron chi connectivity index (χ1n) is 9.01. The molecule has 2 aromatic carbocycles.